The number of nitrogens with zero attached hydrogens (tertiary/aromatic N) is 2. The Hall–Kier alpha value is -1.70. The molecule has 0 aliphatic heterocycles. The van der Waals surface area contributed by atoms with E-state index < -0.39 is 0 Å². The number of hydrogen-bond donors (Lipinski definition) is 0. The minimum atomic E-state index is 0.424. The molecule has 0 amide bonds. The van der Waals surface area contributed by atoms with Crippen LogP contribution >= 0.6 is 0 Å². The van der Waals surface area contributed by atoms with Gasteiger partial charge >= 0.3 is 0 Å². The standard InChI is InChI=1S/C21H30N2/c1-7-14(3)20-17(6)19(10-12-22-20)13-15(4)21-16(5)18(8-2)9-11-23-21/h9-12,14-15H,7-8,13H2,1-6H3. The molecule has 0 aliphatic carbocycles. The van der Waals surface area contributed by atoms with Gasteiger partial charge in [-0.05, 0) is 73.4 Å². The van der Waals surface area contributed by atoms with Crippen molar-refractivity contribution >= 4 is 0 Å². The van der Waals surface area contributed by atoms with Gasteiger partial charge in [-0.3, -0.25) is 9.97 Å². The van der Waals surface area contributed by atoms with Gasteiger partial charge in [-0.1, -0.05) is 27.7 Å². The largest absolute Gasteiger partial charge is 0.261 e. The van der Waals surface area contributed by atoms with Crippen molar-refractivity contribution in [3.63, 3.8) is 0 Å². The molecule has 2 heteroatoms. The third-order valence-corrected chi connectivity index (χ3v) is 5.16. The summed E-state index contributed by atoms with van der Waals surface area (Å²) in [6, 6.07) is 4.32. The zero-order valence-corrected chi connectivity index (χ0v) is 15.5. The highest BCUT2D eigenvalue weighted by atomic mass is 14.7. The van der Waals surface area contributed by atoms with Crippen LogP contribution in [-0.4, -0.2) is 9.97 Å². The lowest BCUT2D eigenvalue weighted by molar-refractivity contribution is 0.684. The summed E-state index contributed by atoms with van der Waals surface area (Å²) in [7, 11) is 0. The fourth-order valence-electron chi connectivity index (χ4n) is 3.41. The molecule has 0 fully saturated rings. The maximum absolute atomic E-state index is 4.67. The lowest BCUT2D eigenvalue weighted by Gasteiger charge is -2.19. The molecule has 23 heavy (non-hydrogen) atoms. The number of aryl methyl sites for hydroxylation is 1. The van der Waals surface area contributed by atoms with Crippen LogP contribution in [-0.2, 0) is 12.8 Å². The Labute approximate surface area is 141 Å². The fourth-order valence-corrected chi connectivity index (χ4v) is 3.41. The zero-order chi connectivity index (χ0) is 17.0. The number of rotatable bonds is 6. The predicted octanol–water partition coefficient (Wildman–Crippen LogP) is 5.52. The van der Waals surface area contributed by atoms with Crippen molar-refractivity contribution in [3.8, 4) is 0 Å². The molecule has 0 spiro atoms. The van der Waals surface area contributed by atoms with E-state index in [-0.39, 0.29) is 0 Å². The summed E-state index contributed by atoms with van der Waals surface area (Å²) in [4.78, 5) is 9.29. The highest BCUT2D eigenvalue weighted by molar-refractivity contribution is 5.35. The van der Waals surface area contributed by atoms with Crippen LogP contribution in [0.5, 0.6) is 0 Å². The maximum atomic E-state index is 4.67. The van der Waals surface area contributed by atoms with Gasteiger partial charge in [0.15, 0.2) is 0 Å². The van der Waals surface area contributed by atoms with Crippen LogP contribution in [0.15, 0.2) is 24.5 Å². The molecular weight excluding hydrogens is 280 g/mol. The van der Waals surface area contributed by atoms with Gasteiger partial charge in [-0.2, -0.15) is 0 Å². The van der Waals surface area contributed by atoms with Crippen LogP contribution in [0.25, 0.3) is 0 Å². The van der Waals surface area contributed by atoms with Gasteiger partial charge in [0.25, 0.3) is 0 Å². The molecule has 2 atom stereocenters. The molecule has 0 radical (unpaired) electrons. The number of hydrogen-bond acceptors (Lipinski definition) is 2. The van der Waals surface area contributed by atoms with E-state index >= 15 is 0 Å². The van der Waals surface area contributed by atoms with Gasteiger partial charge in [0.05, 0.1) is 0 Å². The first-order valence-electron chi connectivity index (χ1n) is 8.88. The van der Waals surface area contributed by atoms with Crippen molar-refractivity contribution in [3.05, 3.63) is 58.2 Å². The lowest BCUT2D eigenvalue weighted by Crippen LogP contribution is -2.08. The summed E-state index contributed by atoms with van der Waals surface area (Å²) in [5.41, 5.74) is 8.03. The SMILES string of the molecule is CCc1ccnc(C(C)Cc2ccnc(C(C)CC)c2C)c1C. The normalized spacial score (nSPS) is 13.8. The Kier molecular flexibility index (Phi) is 5.92. The van der Waals surface area contributed by atoms with Gasteiger partial charge in [-0.15, -0.1) is 0 Å². The topological polar surface area (TPSA) is 25.8 Å². The first-order valence-corrected chi connectivity index (χ1v) is 8.88. The zero-order valence-electron chi connectivity index (χ0n) is 15.5. The maximum Gasteiger partial charge on any atom is 0.0466 e. The molecule has 2 aromatic heterocycles. The molecule has 0 saturated carbocycles. The smallest absolute Gasteiger partial charge is 0.0466 e. The van der Waals surface area contributed by atoms with Crippen molar-refractivity contribution in [2.45, 2.75) is 72.6 Å². The van der Waals surface area contributed by atoms with E-state index in [0.717, 1.165) is 19.3 Å². The Bertz CT molecular complexity index is 661. The first-order chi connectivity index (χ1) is 11.0. The van der Waals surface area contributed by atoms with Crippen molar-refractivity contribution in [1.82, 2.24) is 9.97 Å². The molecule has 2 unspecified atom stereocenters. The summed E-state index contributed by atoms with van der Waals surface area (Å²) >= 11 is 0. The Balaban J connectivity index is 2.29. The second-order valence-electron chi connectivity index (χ2n) is 6.73. The molecule has 0 bridgehead atoms. The quantitative estimate of drug-likeness (QED) is 0.702. The molecule has 2 nitrogen and oxygen atoms in total. The molecule has 0 N–H and O–H groups in total. The minimum Gasteiger partial charge on any atom is -0.261 e. The number of aromatic nitrogens is 2. The highest BCUT2D eigenvalue weighted by Crippen LogP contribution is 2.28. The van der Waals surface area contributed by atoms with Gasteiger partial charge < -0.3 is 0 Å². The lowest BCUT2D eigenvalue weighted by atomic mass is 9.89. The van der Waals surface area contributed by atoms with Gasteiger partial charge in [-0.25, -0.2) is 0 Å². The monoisotopic (exact) mass is 310 g/mol. The van der Waals surface area contributed by atoms with Crippen LogP contribution in [0.2, 0.25) is 0 Å². The Morgan fingerprint density at radius 2 is 1.35 bits per heavy atom. The molecule has 0 aliphatic rings. The predicted molar refractivity (Wildman–Crippen MR) is 98.2 cm³/mol. The third-order valence-electron chi connectivity index (χ3n) is 5.16. The van der Waals surface area contributed by atoms with Gasteiger partial charge in [0.1, 0.15) is 0 Å². The Morgan fingerprint density at radius 3 is 1.91 bits per heavy atom. The molecule has 2 aromatic rings. The van der Waals surface area contributed by atoms with Crippen molar-refractivity contribution in [2.75, 3.05) is 0 Å². The summed E-state index contributed by atoms with van der Waals surface area (Å²) in [5, 5.41) is 0. The van der Waals surface area contributed by atoms with Crippen molar-refractivity contribution in [2.24, 2.45) is 0 Å². The van der Waals surface area contributed by atoms with E-state index in [1.165, 1.54) is 33.6 Å². The van der Waals surface area contributed by atoms with Crippen LogP contribution in [0, 0.1) is 13.8 Å². The molecule has 0 aromatic carbocycles. The van der Waals surface area contributed by atoms with E-state index in [1.54, 1.807) is 0 Å². The van der Waals surface area contributed by atoms with Crippen LogP contribution < -0.4 is 0 Å². The van der Waals surface area contributed by atoms with Crippen molar-refractivity contribution < 1.29 is 0 Å². The molecule has 2 rings (SSSR count). The fraction of sp³-hybridized carbons (Fsp3) is 0.524. The molecule has 0 saturated heterocycles. The van der Waals surface area contributed by atoms with E-state index in [4.69, 9.17) is 0 Å². The molecule has 124 valence electrons. The van der Waals surface area contributed by atoms with E-state index in [1.807, 2.05) is 12.4 Å². The van der Waals surface area contributed by atoms with E-state index in [0.29, 0.717) is 11.8 Å². The van der Waals surface area contributed by atoms with Crippen LogP contribution in [0.4, 0.5) is 0 Å². The summed E-state index contributed by atoms with van der Waals surface area (Å²) in [6.45, 7) is 13.4. The van der Waals surface area contributed by atoms with Crippen molar-refractivity contribution in [1.29, 1.82) is 0 Å². The minimum absolute atomic E-state index is 0.424. The Morgan fingerprint density at radius 1 is 0.826 bits per heavy atom. The van der Waals surface area contributed by atoms with E-state index in [2.05, 4.69) is 63.6 Å². The van der Waals surface area contributed by atoms with Gasteiger partial charge in [0.2, 0.25) is 0 Å². The van der Waals surface area contributed by atoms with Crippen LogP contribution in [0.3, 0.4) is 0 Å². The van der Waals surface area contributed by atoms with Crippen LogP contribution in [0.1, 0.15) is 79.6 Å². The average Bonchev–Trinajstić information content (AvgIpc) is 2.56. The molecular formula is C21H30N2. The second kappa shape index (κ2) is 7.72. The highest BCUT2D eigenvalue weighted by Gasteiger charge is 2.16. The van der Waals surface area contributed by atoms with Gasteiger partial charge in [0, 0.05) is 29.7 Å². The average molecular weight is 310 g/mol. The summed E-state index contributed by atoms with van der Waals surface area (Å²) in [5.74, 6) is 0.945. The third kappa shape index (κ3) is 3.80. The first kappa shape index (κ1) is 17.7. The van der Waals surface area contributed by atoms with E-state index in [9.17, 15) is 0 Å². The summed E-state index contributed by atoms with van der Waals surface area (Å²) in [6.07, 6.45) is 7.16. The number of pyridine rings is 2. The molecule has 2 heterocycles. The second-order valence-corrected chi connectivity index (χ2v) is 6.73. The summed E-state index contributed by atoms with van der Waals surface area (Å²) < 4.78 is 0.